The summed E-state index contributed by atoms with van der Waals surface area (Å²) in [7, 11) is 0. The molecule has 0 bridgehead atoms. The van der Waals surface area contributed by atoms with E-state index in [2.05, 4.69) is 4.74 Å². The molecule has 0 saturated heterocycles. The Morgan fingerprint density at radius 3 is 2.42 bits per heavy atom. The highest BCUT2D eigenvalue weighted by atomic mass is 19.4. The predicted molar refractivity (Wildman–Crippen MR) is 39.8 cm³/mol. The van der Waals surface area contributed by atoms with Gasteiger partial charge in [0.2, 0.25) is 0 Å². The van der Waals surface area contributed by atoms with Crippen LogP contribution in [0.4, 0.5) is 13.2 Å². The van der Waals surface area contributed by atoms with Crippen LogP contribution >= 0.6 is 0 Å². The Labute approximate surface area is 69.9 Å². The van der Waals surface area contributed by atoms with Gasteiger partial charge < -0.3 is 10.5 Å². The van der Waals surface area contributed by atoms with Gasteiger partial charge in [0.05, 0.1) is 6.61 Å². The van der Waals surface area contributed by atoms with Gasteiger partial charge in [-0.25, -0.2) is 0 Å². The smallest absolute Gasteiger partial charge is 0.370 e. The summed E-state index contributed by atoms with van der Waals surface area (Å²) < 4.78 is 38.9. The Morgan fingerprint density at radius 1 is 1.42 bits per heavy atom. The number of halogens is 3. The van der Waals surface area contributed by atoms with E-state index in [1.54, 1.807) is 0 Å². The van der Waals surface area contributed by atoms with Crippen molar-refractivity contribution in [2.45, 2.75) is 32.0 Å². The van der Waals surface area contributed by atoms with Crippen molar-refractivity contribution in [1.29, 1.82) is 0 Å². The maximum absolute atomic E-state index is 11.5. The minimum Gasteiger partial charge on any atom is -0.370 e. The molecule has 0 aliphatic rings. The highest BCUT2D eigenvalue weighted by molar-refractivity contribution is 4.58. The highest BCUT2D eigenvalue weighted by Crippen LogP contribution is 2.14. The third-order valence-electron chi connectivity index (χ3n) is 1.26. The molecule has 0 aliphatic heterocycles. The van der Waals surface area contributed by atoms with Gasteiger partial charge >= 0.3 is 6.18 Å². The molecule has 1 unspecified atom stereocenters. The average Bonchev–Trinajstić information content (AvgIpc) is 1.84. The minimum absolute atomic E-state index is 0.0205. The Balaban J connectivity index is 3.31. The molecule has 0 aromatic heterocycles. The zero-order valence-corrected chi connectivity index (χ0v) is 7.03. The molecule has 0 fully saturated rings. The number of nitrogens with two attached hydrogens (primary N) is 1. The molecule has 74 valence electrons. The van der Waals surface area contributed by atoms with Crippen molar-refractivity contribution in [2.24, 2.45) is 5.73 Å². The van der Waals surface area contributed by atoms with Crippen LogP contribution in [-0.2, 0) is 4.74 Å². The van der Waals surface area contributed by atoms with E-state index in [0.29, 0.717) is 6.42 Å². The first-order valence-electron chi connectivity index (χ1n) is 3.85. The molecule has 0 spiro atoms. The van der Waals surface area contributed by atoms with E-state index in [0.717, 1.165) is 6.42 Å². The van der Waals surface area contributed by atoms with E-state index in [1.807, 2.05) is 6.92 Å². The van der Waals surface area contributed by atoms with Crippen LogP contribution in [-0.4, -0.2) is 25.4 Å². The van der Waals surface area contributed by atoms with Gasteiger partial charge in [-0.15, -0.1) is 0 Å². The zero-order chi connectivity index (χ0) is 9.61. The molecule has 1 atom stereocenters. The number of hydrogen-bond acceptors (Lipinski definition) is 2. The Kier molecular flexibility index (Phi) is 5.24. The van der Waals surface area contributed by atoms with Crippen molar-refractivity contribution >= 4 is 0 Å². The van der Waals surface area contributed by atoms with Crippen molar-refractivity contribution in [3.63, 3.8) is 0 Å². The third kappa shape index (κ3) is 7.81. The molecule has 0 aliphatic carbocycles. The molecular formula is C7H14F3NO. The van der Waals surface area contributed by atoms with Gasteiger partial charge in [-0.1, -0.05) is 13.3 Å². The van der Waals surface area contributed by atoms with Crippen LogP contribution in [0.1, 0.15) is 19.8 Å². The number of ether oxygens (including phenoxy) is 1. The van der Waals surface area contributed by atoms with Gasteiger partial charge in [-0.05, 0) is 6.42 Å². The van der Waals surface area contributed by atoms with Gasteiger partial charge in [-0.2, -0.15) is 13.2 Å². The second-order valence-corrected chi connectivity index (χ2v) is 2.68. The van der Waals surface area contributed by atoms with Crippen LogP contribution in [0.5, 0.6) is 0 Å². The quantitative estimate of drug-likeness (QED) is 0.707. The molecule has 0 aromatic carbocycles. The molecule has 0 radical (unpaired) electrons. The summed E-state index contributed by atoms with van der Waals surface area (Å²) in [6.45, 7) is 0.696. The summed E-state index contributed by atoms with van der Waals surface area (Å²) >= 11 is 0. The number of alkyl halides is 3. The number of hydrogen-bond donors (Lipinski definition) is 1. The van der Waals surface area contributed by atoms with Crippen molar-refractivity contribution in [3.8, 4) is 0 Å². The largest absolute Gasteiger partial charge is 0.411 e. The normalized spacial score (nSPS) is 14.8. The van der Waals surface area contributed by atoms with Crippen LogP contribution in [0.25, 0.3) is 0 Å². The Hall–Kier alpha value is -0.290. The molecular weight excluding hydrogens is 171 g/mol. The maximum Gasteiger partial charge on any atom is 0.411 e. The van der Waals surface area contributed by atoms with E-state index >= 15 is 0 Å². The molecule has 0 heterocycles. The monoisotopic (exact) mass is 185 g/mol. The van der Waals surface area contributed by atoms with Crippen molar-refractivity contribution in [3.05, 3.63) is 0 Å². The van der Waals surface area contributed by atoms with Crippen LogP contribution in [0.2, 0.25) is 0 Å². The lowest BCUT2D eigenvalue weighted by Crippen LogP contribution is -2.28. The van der Waals surface area contributed by atoms with Gasteiger partial charge in [-0.3, -0.25) is 0 Å². The van der Waals surface area contributed by atoms with Crippen molar-refractivity contribution < 1.29 is 17.9 Å². The first-order chi connectivity index (χ1) is 5.45. The molecule has 5 heteroatoms. The standard InChI is InChI=1S/C7H14F3NO/c1-2-3-6(11)4-12-5-7(8,9)10/h6H,2-5,11H2,1H3. The maximum atomic E-state index is 11.5. The average molecular weight is 185 g/mol. The van der Waals surface area contributed by atoms with Crippen LogP contribution in [0.15, 0.2) is 0 Å². The lowest BCUT2D eigenvalue weighted by molar-refractivity contribution is -0.174. The van der Waals surface area contributed by atoms with Gasteiger partial charge in [0.25, 0.3) is 0 Å². The summed E-state index contributed by atoms with van der Waals surface area (Å²) in [6, 6.07) is -0.280. The summed E-state index contributed by atoms with van der Waals surface area (Å²) in [4.78, 5) is 0. The van der Waals surface area contributed by atoms with E-state index in [1.165, 1.54) is 0 Å². The lowest BCUT2D eigenvalue weighted by Gasteiger charge is -2.12. The second kappa shape index (κ2) is 5.37. The van der Waals surface area contributed by atoms with Crippen molar-refractivity contribution in [2.75, 3.05) is 13.2 Å². The van der Waals surface area contributed by atoms with E-state index < -0.39 is 12.8 Å². The zero-order valence-electron chi connectivity index (χ0n) is 7.03. The van der Waals surface area contributed by atoms with Gasteiger partial charge in [0.15, 0.2) is 0 Å². The fourth-order valence-electron chi connectivity index (χ4n) is 0.780. The first kappa shape index (κ1) is 11.7. The van der Waals surface area contributed by atoms with Gasteiger partial charge in [0.1, 0.15) is 6.61 Å². The summed E-state index contributed by atoms with van der Waals surface area (Å²) in [5, 5.41) is 0. The summed E-state index contributed by atoms with van der Waals surface area (Å²) in [6.07, 6.45) is -2.69. The fraction of sp³-hybridized carbons (Fsp3) is 1.00. The molecule has 0 saturated carbocycles. The van der Waals surface area contributed by atoms with Crippen LogP contribution in [0, 0.1) is 0 Å². The first-order valence-corrected chi connectivity index (χ1v) is 3.85. The molecule has 2 N–H and O–H groups in total. The molecule has 0 amide bonds. The number of rotatable bonds is 5. The fourth-order valence-corrected chi connectivity index (χ4v) is 0.780. The molecule has 2 nitrogen and oxygen atoms in total. The van der Waals surface area contributed by atoms with Crippen molar-refractivity contribution in [1.82, 2.24) is 0 Å². The summed E-state index contributed by atoms with van der Waals surface area (Å²) in [5.41, 5.74) is 5.42. The Bertz CT molecular complexity index is 116. The molecule has 0 rings (SSSR count). The molecule has 0 aromatic rings. The van der Waals surface area contributed by atoms with Crippen LogP contribution in [0.3, 0.4) is 0 Å². The highest BCUT2D eigenvalue weighted by Gasteiger charge is 2.27. The second-order valence-electron chi connectivity index (χ2n) is 2.68. The van der Waals surface area contributed by atoms with E-state index in [4.69, 9.17) is 5.73 Å². The Morgan fingerprint density at radius 2 is 2.00 bits per heavy atom. The third-order valence-corrected chi connectivity index (χ3v) is 1.26. The van der Waals surface area contributed by atoms with Gasteiger partial charge in [0, 0.05) is 6.04 Å². The van der Waals surface area contributed by atoms with Crippen LogP contribution < -0.4 is 5.73 Å². The minimum atomic E-state index is -4.24. The molecule has 12 heavy (non-hydrogen) atoms. The topological polar surface area (TPSA) is 35.2 Å². The van der Waals surface area contributed by atoms with E-state index in [9.17, 15) is 13.2 Å². The SMILES string of the molecule is CCCC(N)COCC(F)(F)F. The summed E-state index contributed by atoms with van der Waals surface area (Å²) in [5.74, 6) is 0. The predicted octanol–water partition coefficient (Wildman–Crippen LogP) is 1.69. The van der Waals surface area contributed by atoms with E-state index in [-0.39, 0.29) is 12.6 Å². The lowest BCUT2D eigenvalue weighted by atomic mass is 10.2.